The molecule has 3 N–H and O–H groups in total. The molecule has 0 bridgehead atoms. The Morgan fingerprint density at radius 2 is 0.923 bits per heavy atom. The van der Waals surface area contributed by atoms with E-state index in [0.29, 0.717) is 23.9 Å². The van der Waals surface area contributed by atoms with Gasteiger partial charge in [0.25, 0.3) is 0 Å². The molecule has 8 nitrogen and oxygen atoms in total. The molecule has 0 aliphatic carbocycles. The molecule has 0 aliphatic rings. The van der Waals surface area contributed by atoms with E-state index in [-0.39, 0.29) is 19.1 Å². The lowest BCUT2D eigenvalue weighted by Crippen LogP contribution is -2.46. The molecule has 9 heteroatoms. The van der Waals surface area contributed by atoms with Gasteiger partial charge in [0.15, 0.2) is 0 Å². The van der Waals surface area contributed by atoms with E-state index in [9.17, 15) is 19.4 Å². The number of nitrogens with zero attached hydrogens (tertiary/aromatic N) is 1. The van der Waals surface area contributed by atoms with Gasteiger partial charge in [-0.1, -0.05) is 235 Å². The summed E-state index contributed by atoms with van der Waals surface area (Å²) in [5, 5.41) is 14.0. The molecule has 0 spiro atoms. The molecule has 0 saturated carbocycles. The number of hydrogen-bond donors (Lipinski definition) is 3. The van der Waals surface area contributed by atoms with Gasteiger partial charge < -0.3 is 19.8 Å². The van der Waals surface area contributed by atoms with Crippen LogP contribution < -0.4 is 5.32 Å². The topological polar surface area (TPSA) is 105 Å². The molecule has 65 heavy (non-hydrogen) atoms. The standard InChI is InChI=1S/C56H105N2O6P/c1-6-8-10-12-14-16-18-20-22-23-24-25-26-27-28-29-30-31-32-33-34-35-36-38-40-42-44-46-48-50-56(60)57-54(53-64-65(61,62)63-52-51-58(3,4)5)55(59)49-47-45-43-41-39-37-21-19-17-15-13-11-9-7-2/h8,10,14,16,20,22,24-25,27-28,54-55,59H,6-7,9,11-13,15,17-19,21,23,26,29-53H2,1-5H3,(H-,57,60,61,62)/p+1/b10-8-,16-14-,22-20-,25-24-,28-27-. The Hall–Kier alpha value is -1.80. The molecule has 0 fully saturated rings. The zero-order chi connectivity index (χ0) is 47.8. The van der Waals surface area contributed by atoms with Crippen molar-refractivity contribution in [1.82, 2.24) is 5.32 Å². The average Bonchev–Trinajstić information content (AvgIpc) is 3.26. The first kappa shape index (κ1) is 63.2. The van der Waals surface area contributed by atoms with Crippen molar-refractivity contribution in [2.45, 2.75) is 251 Å². The second kappa shape index (κ2) is 47.3. The highest BCUT2D eigenvalue weighted by atomic mass is 31.2. The number of quaternary nitrogens is 1. The Morgan fingerprint density at radius 3 is 1.35 bits per heavy atom. The molecule has 0 rings (SSSR count). The SMILES string of the molecule is CC/C=C\C/C=C\C/C=C\C/C=C\C/C=C\CCCCCCCCCCCCCCCC(=O)NC(COP(=O)(O)OCC[N+](C)(C)C)C(O)CCCCCCCCCCCCCCCC. The minimum atomic E-state index is -4.32. The minimum absolute atomic E-state index is 0.0732. The molecule has 0 heterocycles. The Kier molecular flexibility index (Phi) is 46.0. The predicted octanol–water partition coefficient (Wildman–Crippen LogP) is 16.1. The number of likely N-dealkylation sites (N-methyl/N-ethyl adjacent to an activating group) is 1. The molecule has 3 unspecified atom stereocenters. The molecule has 1 amide bonds. The zero-order valence-corrected chi connectivity index (χ0v) is 44.1. The number of carbonyl (C=O) groups excluding carboxylic acids is 1. The summed E-state index contributed by atoms with van der Waals surface area (Å²) in [6, 6.07) is -0.762. The fourth-order valence-corrected chi connectivity index (χ4v) is 8.52. The first-order valence-corrected chi connectivity index (χ1v) is 28.6. The van der Waals surface area contributed by atoms with Crippen molar-refractivity contribution in [3.05, 3.63) is 60.8 Å². The monoisotopic (exact) mass is 934 g/mol. The summed E-state index contributed by atoms with van der Waals surface area (Å²) >= 11 is 0. The summed E-state index contributed by atoms with van der Waals surface area (Å²) in [4.78, 5) is 23.3. The van der Waals surface area contributed by atoms with Gasteiger partial charge in [-0.15, -0.1) is 0 Å². The van der Waals surface area contributed by atoms with Crippen LogP contribution in [0.15, 0.2) is 60.8 Å². The Morgan fingerprint density at radius 1 is 0.538 bits per heavy atom. The van der Waals surface area contributed by atoms with Gasteiger partial charge >= 0.3 is 7.82 Å². The number of carbonyl (C=O) groups is 1. The van der Waals surface area contributed by atoms with E-state index in [1.165, 1.54) is 141 Å². The number of rotatable bonds is 49. The highest BCUT2D eigenvalue weighted by Crippen LogP contribution is 2.43. The molecule has 380 valence electrons. The summed E-state index contributed by atoms with van der Waals surface area (Å²) < 4.78 is 23.7. The normalized spacial score (nSPS) is 14.5. The fraction of sp³-hybridized carbons (Fsp3) is 0.804. The van der Waals surface area contributed by atoms with E-state index in [0.717, 1.165) is 70.6 Å². The second-order valence-electron chi connectivity index (χ2n) is 19.6. The predicted molar refractivity (Wildman–Crippen MR) is 281 cm³/mol. The summed E-state index contributed by atoms with van der Waals surface area (Å²) in [6.45, 7) is 4.78. The maximum Gasteiger partial charge on any atom is 0.472 e. The van der Waals surface area contributed by atoms with Gasteiger partial charge in [0, 0.05) is 6.42 Å². The largest absolute Gasteiger partial charge is 0.472 e. The molecule has 0 saturated heterocycles. The number of phosphoric ester groups is 1. The molecule has 0 aliphatic heterocycles. The van der Waals surface area contributed by atoms with Gasteiger partial charge in [-0.2, -0.15) is 0 Å². The number of nitrogens with one attached hydrogen (secondary N) is 1. The number of amides is 1. The van der Waals surface area contributed by atoms with Crippen LogP contribution in [0, 0.1) is 0 Å². The molecular weight excluding hydrogens is 828 g/mol. The van der Waals surface area contributed by atoms with Crippen LogP contribution in [0.4, 0.5) is 0 Å². The summed E-state index contributed by atoms with van der Waals surface area (Å²) in [6.07, 6.45) is 62.6. The highest BCUT2D eigenvalue weighted by Gasteiger charge is 2.28. The van der Waals surface area contributed by atoms with Gasteiger partial charge in [-0.25, -0.2) is 4.57 Å². The van der Waals surface area contributed by atoms with E-state index in [4.69, 9.17) is 9.05 Å². The average molecular weight is 934 g/mol. The number of allylic oxidation sites excluding steroid dienone is 10. The highest BCUT2D eigenvalue weighted by molar-refractivity contribution is 7.47. The van der Waals surface area contributed by atoms with Crippen molar-refractivity contribution in [2.75, 3.05) is 40.9 Å². The quantitative estimate of drug-likeness (QED) is 0.0243. The molecule has 0 radical (unpaired) electrons. The van der Waals surface area contributed by atoms with Crippen LogP contribution in [-0.4, -0.2) is 73.4 Å². The second-order valence-corrected chi connectivity index (χ2v) is 21.0. The van der Waals surface area contributed by atoms with Crippen LogP contribution in [0.1, 0.15) is 239 Å². The first-order chi connectivity index (χ1) is 31.5. The van der Waals surface area contributed by atoms with E-state index >= 15 is 0 Å². The maximum absolute atomic E-state index is 13.0. The summed E-state index contributed by atoms with van der Waals surface area (Å²) in [5.74, 6) is -0.147. The molecule has 0 aromatic heterocycles. The van der Waals surface area contributed by atoms with Crippen LogP contribution in [0.25, 0.3) is 0 Å². The van der Waals surface area contributed by atoms with Gasteiger partial charge in [0.2, 0.25) is 5.91 Å². The zero-order valence-electron chi connectivity index (χ0n) is 43.2. The lowest BCUT2D eigenvalue weighted by molar-refractivity contribution is -0.870. The molecule has 3 atom stereocenters. The van der Waals surface area contributed by atoms with Crippen LogP contribution in [-0.2, 0) is 18.4 Å². The van der Waals surface area contributed by atoms with E-state index < -0.39 is 20.0 Å². The number of hydrogen-bond acceptors (Lipinski definition) is 5. The van der Waals surface area contributed by atoms with Crippen LogP contribution in [0.3, 0.4) is 0 Å². The maximum atomic E-state index is 13.0. The Balaban J connectivity index is 4.13. The van der Waals surface area contributed by atoms with Crippen LogP contribution in [0.5, 0.6) is 0 Å². The van der Waals surface area contributed by atoms with E-state index in [1.807, 2.05) is 21.1 Å². The first-order valence-electron chi connectivity index (χ1n) is 27.2. The lowest BCUT2D eigenvalue weighted by Gasteiger charge is -2.26. The van der Waals surface area contributed by atoms with Crippen LogP contribution in [0.2, 0.25) is 0 Å². The third-order valence-electron chi connectivity index (χ3n) is 12.0. The molecular formula is C56H106N2O6P+. The van der Waals surface area contributed by atoms with Gasteiger partial charge in [0.05, 0.1) is 39.9 Å². The van der Waals surface area contributed by atoms with Crippen molar-refractivity contribution in [2.24, 2.45) is 0 Å². The van der Waals surface area contributed by atoms with Crippen molar-refractivity contribution < 1.29 is 32.9 Å². The fourth-order valence-electron chi connectivity index (χ4n) is 7.78. The number of aliphatic hydroxyl groups excluding tert-OH is 1. The number of aliphatic hydroxyl groups is 1. The number of unbranched alkanes of at least 4 members (excludes halogenated alkanes) is 26. The summed E-state index contributed by atoms with van der Waals surface area (Å²) in [5.41, 5.74) is 0. The van der Waals surface area contributed by atoms with Crippen molar-refractivity contribution in [3.63, 3.8) is 0 Å². The van der Waals surface area contributed by atoms with Crippen LogP contribution >= 0.6 is 7.82 Å². The minimum Gasteiger partial charge on any atom is -0.391 e. The van der Waals surface area contributed by atoms with Gasteiger partial charge in [-0.3, -0.25) is 13.8 Å². The smallest absolute Gasteiger partial charge is 0.391 e. The lowest BCUT2D eigenvalue weighted by atomic mass is 10.0. The molecule has 0 aromatic carbocycles. The van der Waals surface area contributed by atoms with Crippen molar-refractivity contribution >= 4 is 13.7 Å². The van der Waals surface area contributed by atoms with E-state index in [1.54, 1.807) is 0 Å². The third-order valence-corrected chi connectivity index (χ3v) is 13.0. The van der Waals surface area contributed by atoms with E-state index in [2.05, 4.69) is 79.9 Å². The third kappa shape index (κ3) is 49.9. The van der Waals surface area contributed by atoms with Crippen molar-refractivity contribution in [3.8, 4) is 0 Å². The van der Waals surface area contributed by atoms with Gasteiger partial charge in [0.1, 0.15) is 13.2 Å². The van der Waals surface area contributed by atoms with Gasteiger partial charge in [-0.05, 0) is 57.8 Å². The number of phosphoric acid groups is 1. The summed E-state index contributed by atoms with van der Waals surface area (Å²) in [7, 11) is 1.61. The van der Waals surface area contributed by atoms with Crippen molar-refractivity contribution in [1.29, 1.82) is 0 Å². The Bertz CT molecular complexity index is 1240. The Labute approximate surface area is 402 Å². The molecule has 0 aromatic rings.